The second-order valence-corrected chi connectivity index (χ2v) is 20.6. The van der Waals surface area contributed by atoms with E-state index in [9.17, 15) is 0 Å². The van der Waals surface area contributed by atoms with Crippen molar-refractivity contribution in [2.24, 2.45) is 0 Å². The summed E-state index contributed by atoms with van der Waals surface area (Å²) in [6.45, 7) is 3.78. The van der Waals surface area contributed by atoms with Gasteiger partial charge < -0.3 is 0 Å². The molecular formula is C19H22Sn. The molecule has 102 valence electrons. The molecule has 1 heteroatoms. The number of hydrogen-bond acceptors (Lipinski definition) is 0. The van der Waals surface area contributed by atoms with Crippen LogP contribution in [0.15, 0.2) is 59.2 Å². The third kappa shape index (κ3) is 4.38. The number of benzene rings is 2. The Kier molecular flexibility index (Phi) is 4.87. The molecule has 0 saturated carbocycles. The summed E-state index contributed by atoms with van der Waals surface area (Å²) in [6.07, 6.45) is 4.15. The first-order valence-corrected chi connectivity index (χ1v) is 17.2. The molecule has 0 heterocycles. The molecule has 2 aromatic carbocycles. The molecule has 0 aliphatic carbocycles. The van der Waals surface area contributed by atoms with Crippen molar-refractivity contribution in [3.05, 3.63) is 70.3 Å². The van der Waals surface area contributed by atoms with Crippen molar-refractivity contribution in [3.8, 4) is 11.1 Å². The van der Waals surface area contributed by atoms with Gasteiger partial charge in [-0.05, 0) is 0 Å². The molecule has 0 unspecified atom stereocenters. The molecule has 0 saturated heterocycles. The van der Waals surface area contributed by atoms with E-state index >= 15 is 0 Å². The van der Waals surface area contributed by atoms with E-state index in [1.54, 1.807) is 0 Å². The molecular weight excluding hydrogens is 347 g/mol. The minimum atomic E-state index is -1.80. The van der Waals surface area contributed by atoms with Gasteiger partial charge in [0.15, 0.2) is 0 Å². The Hall–Kier alpha value is -1.28. The van der Waals surface area contributed by atoms with Crippen LogP contribution >= 0.6 is 0 Å². The summed E-state index contributed by atoms with van der Waals surface area (Å²) in [5.41, 5.74) is 4.97. The summed E-state index contributed by atoms with van der Waals surface area (Å²) in [5.74, 6) is 0. The third-order valence-corrected chi connectivity index (χ3v) is 6.50. The van der Waals surface area contributed by atoms with Crippen molar-refractivity contribution < 1.29 is 0 Å². The fourth-order valence-electron chi connectivity index (χ4n) is 1.94. The number of hydrogen-bond donors (Lipinski definition) is 0. The van der Waals surface area contributed by atoms with Gasteiger partial charge in [-0.2, -0.15) is 0 Å². The molecule has 0 aromatic heterocycles. The van der Waals surface area contributed by atoms with Crippen LogP contribution in [0, 0.1) is 0 Å². The molecule has 0 fully saturated rings. The molecule has 0 spiro atoms. The molecule has 20 heavy (non-hydrogen) atoms. The Morgan fingerprint density at radius 2 is 1.20 bits per heavy atom. The quantitative estimate of drug-likeness (QED) is 0.590. The molecule has 0 atom stereocenters. The van der Waals surface area contributed by atoms with Crippen LogP contribution in [-0.4, -0.2) is 18.4 Å². The van der Waals surface area contributed by atoms with E-state index < -0.39 is 18.4 Å². The summed E-state index contributed by atoms with van der Waals surface area (Å²) in [5, 5.41) is 0. The molecule has 0 bridgehead atoms. The van der Waals surface area contributed by atoms with Gasteiger partial charge in [0.2, 0.25) is 0 Å². The van der Waals surface area contributed by atoms with Gasteiger partial charge in [0.1, 0.15) is 0 Å². The normalized spacial score (nSPS) is 11.8. The van der Waals surface area contributed by atoms with Crippen LogP contribution in [0.25, 0.3) is 23.3 Å². The predicted molar refractivity (Wildman–Crippen MR) is 94.3 cm³/mol. The molecule has 2 rings (SSSR count). The topological polar surface area (TPSA) is 0 Å². The molecule has 0 amide bonds. The zero-order valence-corrected chi connectivity index (χ0v) is 15.4. The summed E-state index contributed by atoms with van der Waals surface area (Å²) in [6, 6.07) is 17.3. The van der Waals surface area contributed by atoms with Gasteiger partial charge in [-0.15, -0.1) is 0 Å². The number of rotatable bonds is 4. The summed E-state index contributed by atoms with van der Waals surface area (Å²) >= 11 is -1.80. The van der Waals surface area contributed by atoms with Crippen molar-refractivity contribution >= 4 is 30.5 Å². The first-order valence-electron chi connectivity index (χ1n) is 7.00. The van der Waals surface area contributed by atoms with Crippen molar-refractivity contribution in [3.63, 3.8) is 0 Å². The molecule has 0 radical (unpaired) electrons. The Morgan fingerprint density at radius 3 is 1.60 bits per heavy atom. The molecule has 0 aliphatic heterocycles. The van der Waals surface area contributed by atoms with Crippen molar-refractivity contribution in [2.45, 2.75) is 14.8 Å². The average Bonchev–Trinajstić information content (AvgIpc) is 2.45. The van der Waals surface area contributed by atoms with Crippen molar-refractivity contribution in [2.75, 3.05) is 0 Å². The Morgan fingerprint density at radius 1 is 0.750 bits per heavy atom. The van der Waals surface area contributed by atoms with Gasteiger partial charge in [0.25, 0.3) is 0 Å². The molecule has 0 aliphatic rings. The third-order valence-electron chi connectivity index (χ3n) is 3.17. The van der Waals surface area contributed by atoms with E-state index in [-0.39, 0.29) is 0 Å². The fourth-order valence-corrected chi connectivity index (χ4v) is 3.92. The van der Waals surface area contributed by atoms with E-state index in [2.05, 4.69) is 80.1 Å². The van der Waals surface area contributed by atoms with Crippen LogP contribution in [-0.2, 0) is 0 Å². The standard InChI is InChI=1S/C16H13.3CH3.Sn/c1-3-13-5-9-15(10-6-13)16-11-7-14(4-2)8-12-16;;;;/h1,3-12H,2H2;3*1H3;. The average molecular weight is 369 g/mol. The second kappa shape index (κ2) is 6.45. The van der Waals surface area contributed by atoms with E-state index in [0.717, 1.165) is 5.56 Å². The zero-order chi connectivity index (χ0) is 14.6. The monoisotopic (exact) mass is 370 g/mol. The van der Waals surface area contributed by atoms with Crippen LogP contribution in [0.1, 0.15) is 11.1 Å². The molecule has 0 N–H and O–H groups in total. The molecule has 0 nitrogen and oxygen atoms in total. The SMILES string of the molecule is C=Cc1ccc(-c2ccc(C=[CH][Sn]([CH3])([CH3])[CH3])cc2)cc1. The van der Waals surface area contributed by atoms with Gasteiger partial charge in [-0.1, -0.05) is 0 Å². The summed E-state index contributed by atoms with van der Waals surface area (Å²) < 4.78 is 2.45. The minimum absolute atomic E-state index is 1.16. The Labute approximate surface area is 126 Å². The van der Waals surface area contributed by atoms with Gasteiger partial charge in [-0.25, -0.2) is 0 Å². The Balaban J connectivity index is 2.19. The van der Waals surface area contributed by atoms with Gasteiger partial charge in [0, 0.05) is 0 Å². The fraction of sp³-hybridized carbons (Fsp3) is 0.158. The van der Waals surface area contributed by atoms with Crippen LogP contribution in [0.3, 0.4) is 0 Å². The second-order valence-electron chi connectivity index (χ2n) is 6.15. The molecule has 2 aromatic rings. The zero-order valence-electron chi connectivity index (χ0n) is 12.6. The van der Waals surface area contributed by atoms with Crippen molar-refractivity contribution in [1.82, 2.24) is 0 Å². The predicted octanol–water partition coefficient (Wildman–Crippen LogP) is 5.89. The first kappa shape index (κ1) is 15.1. The van der Waals surface area contributed by atoms with E-state index in [1.807, 2.05) is 6.08 Å². The first-order chi connectivity index (χ1) is 9.48. The Bertz CT molecular complexity index is 596. The van der Waals surface area contributed by atoms with Crippen LogP contribution in [0.5, 0.6) is 0 Å². The van der Waals surface area contributed by atoms with Crippen LogP contribution in [0.4, 0.5) is 0 Å². The van der Waals surface area contributed by atoms with E-state index in [0.29, 0.717) is 0 Å². The van der Waals surface area contributed by atoms with E-state index in [1.165, 1.54) is 16.7 Å². The van der Waals surface area contributed by atoms with Gasteiger partial charge in [0.05, 0.1) is 0 Å². The summed E-state index contributed by atoms with van der Waals surface area (Å²) in [4.78, 5) is 7.25. The van der Waals surface area contributed by atoms with Gasteiger partial charge >= 0.3 is 127 Å². The summed E-state index contributed by atoms with van der Waals surface area (Å²) in [7, 11) is 0. The van der Waals surface area contributed by atoms with Crippen molar-refractivity contribution in [1.29, 1.82) is 0 Å². The van der Waals surface area contributed by atoms with Crippen LogP contribution in [0.2, 0.25) is 14.8 Å². The van der Waals surface area contributed by atoms with Gasteiger partial charge in [-0.3, -0.25) is 0 Å². The van der Waals surface area contributed by atoms with Crippen LogP contribution < -0.4 is 0 Å². The van der Waals surface area contributed by atoms with E-state index in [4.69, 9.17) is 0 Å². The maximum absolute atomic E-state index is 3.78. The maximum atomic E-state index is 3.78.